The van der Waals surface area contributed by atoms with Gasteiger partial charge in [-0.05, 0) is 18.8 Å². The quantitative estimate of drug-likeness (QED) is 0.650. The lowest BCUT2D eigenvalue weighted by atomic mass is 10.0. The van der Waals surface area contributed by atoms with Crippen molar-refractivity contribution in [2.75, 3.05) is 0 Å². The number of aryl methyl sites for hydroxylation is 1. The van der Waals surface area contributed by atoms with Gasteiger partial charge in [-0.2, -0.15) is 0 Å². The van der Waals surface area contributed by atoms with Gasteiger partial charge >= 0.3 is 0 Å². The predicted molar refractivity (Wildman–Crippen MR) is 57.8 cm³/mol. The molecular formula is C12H16N2. The van der Waals surface area contributed by atoms with Crippen LogP contribution in [0.5, 0.6) is 0 Å². The summed E-state index contributed by atoms with van der Waals surface area (Å²) in [5.41, 5.74) is 0. The van der Waals surface area contributed by atoms with E-state index in [4.69, 9.17) is 0 Å². The first-order valence-electron chi connectivity index (χ1n) is 5.26. The molecule has 74 valence electrons. The molecule has 0 unspecified atom stereocenters. The first-order valence-corrected chi connectivity index (χ1v) is 5.26. The number of unbranched alkanes of at least 4 members (excludes halogenated alkanes) is 1. The van der Waals surface area contributed by atoms with Crippen LogP contribution in [0.2, 0.25) is 0 Å². The van der Waals surface area contributed by atoms with Crippen LogP contribution in [0.1, 0.15) is 19.3 Å². The van der Waals surface area contributed by atoms with E-state index in [2.05, 4.69) is 33.9 Å². The minimum Gasteiger partial charge on any atom is -0.337 e. The van der Waals surface area contributed by atoms with Crippen molar-refractivity contribution in [3.05, 3.63) is 43.0 Å². The molecule has 1 heterocycles. The summed E-state index contributed by atoms with van der Waals surface area (Å²) < 4.78 is 2.14. The molecule has 1 aromatic rings. The largest absolute Gasteiger partial charge is 0.337 e. The summed E-state index contributed by atoms with van der Waals surface area (Å²) in [5, 5.41) is 0. The second kappa shape index (κ2) is 4.80. The molecule has 0 N–H and O–H groups in total. The monoisotopic (exact) mass is 188 g/mol. The Morgan fingerprint density at radius 3 is 2.71 bits per heavy atom. The van der Waals surface area contributed by atoms with E-state index >= 15 is 0 Å². The Morgan fingerprint density at radius 1 is 1.14 bits per heavy atom. The lowest BCUT2D eigenvalue weighted by Crippen LogP contribution is -1.96. The first kappa shape index (κ1) is 9.25. The van der Waals surface area contributed by atoms with Gasteiger partial charge in [-0.3, -0.25) is 0 Å². The average Bonchev–Trinajstić information content (AvgIpc) is 2.86. The Morgan fingerprint density at radius 2 is 2.00 bits per heavy atom. The van der Waals surface area contributed by atoms with Gasteiger partial charge in [-0.15, -0.1) is 0 Å². The van der Waals surface area contributed by atoms with Crippen LogP contribution in [-0.4, -0.2) is 9.55 Å². The van der Waals surface area contributed by atoms with Crippen LogP contribution in [0, 0.1) is 5.92 Å². The number of nitrogens with zero attached hydrogens (tertiary/aromatic N) is 2. The maximum atomic E-state index is 4.02. The lowest BCUT2D eigenvalue weighted by molar-refractivity contribution is 0.560. The summed E-state index contributed by atoms with van der Waals surface area (Å²) in [6.07, 6.45) is 18.4. The highest BCUT2D eigenvalue weighted by molar-refractivity contribution is 5.17. The van der Waals surface area contributed by atoms with Crippen molar-refractivity contribution in [1.29, 1.82) is 0 Å². The molecule has 0 aliphatic heterocycles. The third kappa shape index (κ3) is 2.59. The van der Waals surface area contributed by atoms with E-state index in [-0.39, 0.29) is 0 Å². The zero-order valence-corrected chi connectivity index (χ0v) is 8.34. The smallest absolute Gasteiger partial charge is 0.0945 e. The van der Waals surface area contributed by atoms with E-state index in [0.29, 0.717) is 5.92 Å². The van der Waals surface area contributed by atoms with Crippen LogP contribution in [0.3, 0.4) is 0 Å². The molecule has 2 rings (SSSR count). The van der Waals surface area contributed by atoms with Crippen LogP contribution in [0.15, 0.2) is 43.0 Å². The number of hydrogen-bond donors (Lipinski definition) is 0. The summed E-state index contributed by atoms with van der Waals surface area (Å²) in [6.45, 7) is 1.10. The number of rotatable bonds is 5. The Bertz CT molecular complexity index is 297. The third-order valence-corrected chi connectivity index (χ3v) is 2.59. The molecule has 0 atom stereocenters. The van der Waals surface area contributed by atoms with Gasteiger partial charge in [0.15, 0.2) is 0 Å². The van der Waals surface area contributed by atoms with Crippen LogP contribution in [0.4, 0.5) is 0 Å². The molecule has 0 amide bonds. The SMILES string of the molecule is C1=CC(CCCCn2ccnc2)C=C1. The minimum absolute atomic E-state index is 0.692. The average molecular weight is 188 g/mol. The highest BCUT2D eigenvalue weighted by Crippen LogP contribution is 2.16. The van der Waals surface area contributed by atoms with Gasteiger partial charge in [-0.25, -0.2) is 4.98 Å². The van der Waals surface area contributed by atoms with E-state index in [1.54, 1.807) is 0 Å². The van der Waals surface area contributed by atoms with Gasteiger partial charge in [0, 0.05) is 18.9 Å². The Balaban J connectivity index is 1.59. The molecule has 1 aliphatic carbocycles. The normalized spacial score (nSPS) is 15.4. The van der Waals surface area contributed by atoms with Crippen molar-refractivity contribution < 1.29 is 0 Å². The minimum atomic E-state index is 0.692. The fourth-order valence-electron chi connectivity index (χ4n) is 1.76. The molecule has 2 heteroatoms. The highest BCUT2D eigenvalue weighted by Gasteiger charge is 2.02. The molecule has 1 aromatic heterocycles. The van der Waals surface area contributed by atoms with Crippen LogP contribution in [0.25, 0.3) is 0 Å². The fraction of sp³-hybridized carbons (Fsp3) is 0.417. The zero-order valence-electron chi connectivity index (χ0n) is 8.34. The molecule has 0 saturated heterocycles. The molecule has 0 spiro atoms. The highest BCUT2D eigenvalue weighted by atomic mass is 15.0. The Kier molecular flexibility index (Phi) is 3.17. The van der Waals surface area contributed by atoms with Crippen LogP contribution in [-0.2, 0) is 6.54 Å². The molecule has 0 aromatic carbocycles. The Hall–Kier alpha value is -1.31. The van der Waals surface area contributed by atoms with Crippen LogP contribution < -0.4 is 0 Å². The van der Waals surface area contributed by atoms with E-state index in [1.807, 2.05) is 18.7 Å². The molecule has 0 radical (unpaired) electrons. The van der Waals surface area contributed by atoms with Crippen molar-refractivity contribution in [3.8, 4) is 0 Å². The summed E-state index contributed by atoms with van der Waals surface area (Å²) >= 11 is 0. The summed E-state index contributed by atoms with van der Waals surface area (Å²) in [4.78, 5) is 4.02. The fourth-order valence-corrected chi connectivity index (χ4v) is 1.76. The standard InChI is InChI=1S/C12H16N2/c1-2-6-12(5-1)7-3-4-9-14-10-8-13-11-14/h1-2,5-6,8,10-12H,3-4,7,9H2. The number of imidazole rings is 1. The summed E-state index contributed by atoms with van der Waals surface area (Å²) in [5.74, 6) is 0.692. The molecule has 14 heavy (non-hydrogen) atoms. The third-order valence-electron chi connectivity index (χ3n) is 2.59. The van der Waals surface area contributed by atoms with Gasteiger partial charge in [-0.1, -0.05) is 30.7 Å². The van der Waals surface area contributed by atoms with Crippen molar-refractivity contribution in [1.82, 2.24) is 9.55 Å². The van der Waals surface area contributed by atoms with E-state index in [0.717, 1.165) is 6.54 Å². The van der Waals surface area contributed by atoms with Gasteiger partial charge < -0.3 is 4.57 Å². The second-order valence-electron chi connectivity index (χ2n) is 3.73. The van der Waals surface area contributed by atoms with Gasteiger partial charge in [0.1, 0.15) is 0 Å². The number of allylic oxidation sites excluding steroid dienone is 4. The van der Waals surface area contributed by atoms with Crippen molar-refractivity contribution in [2.45, 2.75) is 25.8 Å². The summed E-state index contributed by atoms with van der Waals surface area (Å²) in [7, 11) is 0. The maximum Gasteiger partial charge on any atom is 0.0945 e. The number of aromatic nitrogens is 2. The molecule has 2 nitrogen and oxygen atoms in total. The molecular weight excluding hydrogens is 172 g/mol. The molecule has 0 saturated carbocycles. The van der Waals surface area contributed by atoms with Gasteiger partial charge in [0.05, 0.1) is 6.33 Å². The topological polar surface area (TPSA) is 17.8 Å². The van der Waals surface area contributed by atoms with Crippen LogP contribution >= 0.6 is 0 Å². The predicted octanol–water partition coefficient (Wildman–Crippen LogP) is 2.80. The van der Waals surface area contributed by atoms with Crippen molar-refractivity contribution in [2.24, 2.45) is 5.92 Å². The van der Waals surface area contributed by atoms with E-state index < -0.39 is 0 Å². The molecule has 1 aliphatic rings. The van der Waals surface area contributed by atoms with Gasteiger partial charge in [0.25, 0.3) is 0 Å². The first-order chi connectivity index (χ1) is 6.95. The van der Waals surface area contributed by atoms with Crippen molar-refractivity contribution >= 4 is 0 Å². The number of hydrogen-bond acceptors (Lipinski definition) is 1. The van der Waals surface area contributed by atoms with Gasteiger partial charge in [0.2, 0.25) is 0 Å². The summed E-state index contributed by atoms with van der Waals surface area (Å²) in [6, 6.07) is 0. The zero-order chi connectivity index (χ0) is 9.64. The molecule has 0 fully saturated rings. The maximum absolute atomic E-state index is 4.02. The van der Waals surface area contributed by atoms with E-state index in [9.17, 15) is 0 Å². The molecule has 0 bridgehead atoms. The Labute approximate surface area is 85.0 Å². The lowest BCUT2D eigenvalue weighted by Gasteiger charge is -2.05. The van der Waals surface area contributed by atoms with E-state index in [1.165, 1.54) is 19.3 Å². The second-order valence-corrected chi connectivity index (χ2v) is 3.73. The van der Waals surface area contributed by atoms with Crippen molar-refractivity contribution in [3.63, 3.8) is 0 Å².